The molecule has 5 aromatic rings. The van der Waals surface area contributed by atoms with Crippen molar-refractivity contribution >= 4 is 34.0 Å². The van der Waals surface area contributed by atoms with E-state index in [-0.39, 0.29) is 23.7 Å². The van der Waals surface area contributed by atoms with Crippen LogP contribution in [-0.2, 0) is 24.2 Å². The fourth-order valence-corrected chi connectivity index (χ4v) is 8.23. The molecule has 8 nitrogen and oxygen atoms in total. The predicted molar refractivity (Wildman–Crippen MR) is 192 cm³/mol. The summed E-state index contributed by atoms with van der Waals surface area (Å²) in [6.07, 6.45) is 3.99. The fraction of sp³-hybridized carbons (Fsp3) is 0.316. The number of methoxy groups -OCH3 is 1. The van der Waals surface area contributed by atoms with Crippen LogP contribution in [0.5, 0.6) is 11.5 Å². The first-order chi connectivity index (χ1) is 23.3. The Balaban J connectivity index is 1.21. The van der Waals surface area contributed by atoms with Gasteiger partial charge in [-0.2, -0.15) is 5.26 Å². The Morgan fingerprint density at radius 2 is 1.79 bits per heavy atom. The highest BCUT2D eigenvalue weighted by atomic mass is 32.2. The van der Waals surface area contributed by atoms with Crippen molar-refractivity contribution in [2.75, 3.05) is 18.2 Å². The zero-order chi connectivity index (χ0) is 33.7. The van der Waals surface area contributed by atoms with Crippen LogP contribution in [0.4, 0.5) is 5.00 Å². The molecule has 2 aromatic heterocycles. The van der Waals surface area contributed by atoms with Crippen LogP contribution in [0.2, 0.25) is 0 Å². The van der Waals surface area contributed by atoms with E-state index in [0.29, 0.717) is 33.2 Å². The molecule has 0 saturated carbocycles. The van der Waals surface area contributed by atoms with Crippen molar-refractivity contribution in [2.45, 2.75) is 58.2 Å². The van der Waals surface area contributed by atoms with Crippen LogP contribution in [0.25, 0.3) is 16.8 Å². The molecule has 2 heterocycles. The molecule has 0 saturated heterocycles. The Bertz CT molecular complexity index is 1940. The topological polar surface area (TPSA) is 102 Å². The molecule has 3 aromatic carbocycles. The molecule has 6 rings (SSSR count). The fourth-order valence-electron chi connectivity index (χ4n) is 6.18. The second kappa shape index (κ2) is 14.7. The maximum atomic E-state index is 13.4. The number of hydrogen-bond acceptors (Lipinski definition) is 8. The molecule has 48 heavy (non-hydrogen) atoms. The number of hydrogen-bond donors (Lipinski definition) is 1. The van der Waals surface area contributed by atoms with E-state index in [1.807, 2.05) is 83.4 Å². The monoisotopic (exact) mass is 677 g/mol. The number of para-hydroxylation sites is 3. The summed E-state index contributed by atoms with van der Waals surface area (Å²) >= 11 is 2.82. The van der Waals surface area contributed by atoms with E-state index in [9.17, 15) is 10.1 Å². The molecule has 0 spiro atoms. The van der Waals surface area contributed by atoms with Crippen LogP contribution in [-0.4, -0.2) is 33.5 Å². The lowest BCUT2D eigenvalue weighted by Gasteiger charge is -2.36. The third kappa shape index (κ3) is 6.98. The number of carbonyl (C=O) groups excluding carboxylic acids is 1. The number of amides is 1. The largest absolute Gasteiger partial charge is 0.495 e. The van der Waals surface area contributed by atoms with Gasteiger partial charge in [0.05, 0.1) is 24.1 Å². The van der Waals surface area contributed by atoms with Gasteiger partial charge in [0, 0.05) is 10.4 Å². The van der Waals surface area contributed by atoms with E-state index in [4.69, 9.17) is 9.47 Å². The Kier molecular flexibility index (Phi) is 10.2. The third-order valence-electron chi connectivity index (χ3n) is 9.33. The summed E-state index contributed by atoms with van der Waals surface area (Å²) in [6.45, 7) is 7.03. The Labute approximate surface area is 290 Å². The number of fused-ring (bicyclic) bond motifs is 1. The molecule has 1 aliphatic carbocycles. The highest BCUT2D eigenvalue weighted by Gasteiger charge is 2.34. The van der Waals surface area contributed by atoms with Gasteiger partial charge < -0.3 is 14.8 Å². The second-order valence-corrected chi connectivity index (χ2v) is 14.5. The summed E-state index contributed by atoms with van der Waals surface area (Å²) in [6, 6.07) is 28.0. The summed E-state index contributed by atoms with van der Waals surface area (Å²) in [5, 5.41) is 23.2. The summed E-state index contributed by atoms with van der Waals surface area (Å²) in [5.41, 5.74) is 4.71. The van der Waals surface area contributed by atoms with Crippen molar-refractivity contribution in [2.24, 2.45) is 11.3 Å². The molecule has 246 valence electrons. The molecule has 1 aliphatic rings. The molecule has 1 N–H and O–H groups in total. The lowest BCUT2D eigenvalue weighted by Crippen LogP contribution is -2.28. The van der Waals surface area contributed by atoms with Gasteiger partial charge in [-0.25, -0.2) is 0 Å². The highest BCUT2D eigenvalue weighted by Crippen LogP contribution is 2.45. The number of nitrogens with zero attached hydrogens (tertiary/aromatic N) is 4. The van der Waals surface area contributed by atoms with Crippen LogP contribution in [0, 0.1) is 22.7 Å². The van der Waals surface area contributed by atoms with Gasteiger partial charge in [-0.15, -0.1) is 21.5 Å². The van der Waals surface area contributed by atoms with E-state index in [0.717, 1.165) is 53.8 Å². The Hall–Kier alpha value is -4.59. The number of ether oxygens (including phenoxy) is 2. The van der Waals surface area contributed by atoms with Gasteiger partial charge in [0.25, 0.3) is 0 Å². The van der Waals surface area contributed by atoms with Crippen molar-refractivity contribution in [1.82, 2.24) is 14.8 Å². The molecule has 0 aliphatic heterocycles. The van der Waals surface area contributed by atoms with Crippen LogP contribution < -0.4 is 14.8 Å². The molecule has 1 atom stereocenters. The molecule has 10 heteroatoms. The average molecular weight is 678 g/mol. The molecule has 0 radical (unpaired) electrons. The Morgan fingerprint density at radius 3 is 2.54 bits per heavy atom. The van der Waals surface area contributed by atoms with Crippen LogP contribution in [0.3, 0.4) is 0 Å². The lowest BCUT2D eigenvalue weighted by molar-refractivity contribution is -0.113. The second-order valence-electron chi connectivity index (χ2n) is 12.5. The molecule has 0 fully saturated rings. The number of benzene rings is 3. The van der Waals surface area contributed by atoms with Gasteiger partial charge in [0.2, 0.25) is 5.91 Å². The summed E-state index contributed by atoms with van der Waals surface area (Å²) in [7, 11) is 1.62. The van der Waals surface area contributed by atoms with E-state index >= 15 is 0 Å². The highest BCUT2D eigenvalue weighted by molar-refractivity contribution is 7.99. The average Bonchev–Trinajstić information content (AvgIpc) is 3.69. The number of thioether (sulfide) groups is 1. The van der Waals surface area contributed by atoms with Crippen molar-refractivity contribution in [3.63, 3.8) is 0 Å². The molecule has 1 amide bonds. The quantitative estimate of drug-likeness (QED) is 0.132. The predicted octanol–water partition coefficient (Wildman–Crippen LogP) is 8.73. The van der Waals surface area contributed by atoms with Crippen molar-refractivity contribution in [3.05, 3.63) is 101 Å². The molecule has 0 unspecified atom stereocenters. The van der Waals surface area contributed by atoms with Gasteiger partial charge >= 0.3 is 0 Å². The SMILES string of the molecule is CCC(C)(C)[C@H]1CCc2c(sc(NC(=O)CSc3nnc(COc4ccccc4-c4ccccc4)n3-c3ccccc3OC)c2C#N)C1. The summed E-state index contributed by atoms with van der Waals surface area (Å²) in [5.74, 6) is 2.37. The molecule has 0 bridgehead atoms. The minimum atomic E-state index is -0.204. The normalized spacial score (nSPS) is 14.2. The Morgan fingerprint density at radius 1 is 1.06 bits per heavy atom. The lowest BCUT2D eigenvalue weighted by atomic mass is 9.69. The van der Waals surface area contributed by atoms with Gasteiger partial charge in [0.15, 0.2) is 11.0 Å². The molecular weight excluding hydrogens is 639 g/mol. The number of thiophene rings is 1. The molecular formula is C38H39N5O3S2. The van der Waals surface area contributed by atoms with Crippen LogP contribution >= 0.6 is 23.1 Å². The third-order valence-corrected chi connectivity index (χ3v) is 11.4. The van der Waals surface area contributed by atoms with Crippen molar-refractivity contribution in [1.29, 1.82) is 5.26 Å². The van der Waals surface area contributed by atoms with E-state index < -0.39 is 0 Å². The van der Waals surface area contributed by atoms with Crippen molar-refractivity contribution in [3.8, 4) is 34.4 Å². The number of rotatable bonds is 12. The van der Waals surface area contributed by atoms with Gasteiger partial charge in [-0.1, -0.05) is 99.6 Å². The van der Waals surface area contributed by atoms with E-state index in [2.05, 4.69) is 42.4 Å². The van der Waals surface area contributed by atoms with Crippen LogP contribution in [0.1, 0.15) is 55.4 Å². The number of anilines is 1. The summed E-state index contributed by atoms with van der Waals surface area (Å²) < 4.78 is 13.9. The zero-order valence-electron chi connectivity index (χ0n) is 27.7. The van der Waals surface area contributed by atoms with Gasteiger partial charge in [-0.3, -0.25) is 9.36 Å². The zero-order valence-corrected chi connectivity index (χ0v) is 29.3. The van der Waals surface area contributed by atoms with Crippen LogP contribution in [0.15, 0.2) is 84.0 Å². The van der Waals surface area contributed by atoms with Crippen molar-refractivity contribution < 1.29 is 14.3 Å². The van der Waals surface area contributed by atoms with E-state index in [1.165, 1.54) is 16.6 Å². The first kappa shape index (κ1) is 33.3. The number of nitrogens with one attached hydrogen (secondary N) is 1. The summed E-state index contributed by atoms with van der Waals surface area (Å²) in [4.78, 5) is 14.6. The minimum absolute atomic E-state index is 0.0872. The smallest absolute Gasteiger partial charge is 0.235 e. The first-order valence-electron chi connectivity index (χ1n) is 16.1. The number of aromatic nitrogens is 3. The number of carbonyl (C=O) groups is 1. The minimum Gasteiger partial charge on any atom is -0.495 e. The first-order valence-corrected chi connectivity index (χ1v) is 17.9. The van der Waals surface area contributed by atoms with Gasteiger partial charge in [0.1, 0.15) is 29.2 Å². The maximum Gasteiger partial charge on any atom is 0.235 e. The number of nitriles is 1. The maximum absolute atomic E-state index is 13.4. The van der Waals surface area contributed by atoms with E-state index in [1.54, 1.807) is 18.4 Å². The van der Waals surface area contributed by atoms with Gasteiger partial charge in [-0.05, 0) is 59.9 Å². The standard InChI is InChI=1S/C38H39N5O3S2/c1-5-38(2,3)26-19-20-28-29(22-39)36(48-33(28)21-26)40-35(44)24-47-37-42-41-34(43(37)30-16-10-12-18-32(30)45-4)23-46-31-17-11-9-15-27(31)25-13-7-6-8-14-25/h6-18,26H,5,19-21,23-24H2,1-4H3,(H,40,44)/t26-/m0/s1.